The molecule has 0 radical (unpaired) electrons. The van der Waals surface area contributed by atoms with Gasteiger partial charge in [0.05, 0.1) is 26.0 Å². The van der Waals surface area contributed by atoms with Crippen molar-refractivity contribution in [3.63, 3.8) is 0 Å². The van der Waals surface area contributed by atoms with Gasteiger partial charge in [-0.1, -0.05) is 6.07 Å². The van der Waals surface area contributed by atoms with E-state index in [0.717, 1.165) is 11.1 Å². The van der Waals surface area contributed by atoms with E-state index in [1.165, 1.54) is 20.4 Å². The van der Waals surface area contributed by atoms with E-state index in [4.69, 9.17) is 9.47 Å². The van der Waals surface area contributed by atoms with Gasteiger partial charge in [0.1, 0.15) is 11.5 Å². The molecule has 26 heavy (non-hydrogen) atoms. The largest absolute Gasteiger partial charge is 0.496 e. The van der Waals surface area contributed by atoms with Crippen LogP contribution in [0.3, 0.4) is 0 Å². The van der Waals surface area contributed by atoms with Crippen LogP contribution < -0.4 is 14.9 Å². The Kier molecular flexibility index (Phi) is 6.73. The average Bonchev–Trinajstić information content (AvgIpc) is 2.66. The van der Waals surface area contributed by atoms with Gasteiger partial charge in [-0.25, -0.2) is 10.2 Å². The highest BCUT2D eigenvalue weighted by atomic mass is 16.6. The van der Waals surface area contributed by atoms with Gasteiger partial charge in [0.2, 0.25) is 0 Å². The third-order valence-corrected chi connectivity index (χ3v) is 3.45. The Balaban J connectivity index is 1.93. The molecular formula is C19H20N2O5. The van der Waals surface area contributed by atoms with Crippen molar-refractivity contribution in [2.75, 3.05) is 20.8 Å². The number of hydrogen-bond acceptors (Lipinski definition) is 6. The molecule has 0 bridgehead atoms. The standard InChI is InChI=1S/C19H20N2O5/c1-13-4-9-16(17(10-13)24-2)19(23)21-20-11-14-5-7-15(8-6-14)26-12-18(22)25-3/h4-11H,12H2,1-3H3,(H,21,23)/b20-11+. The first-order chi connectivity index (χ1) is 12.5. The van der Waals surface area contributed by atoms with Gasteiger partial charge in [-0.3, -0.25) is 4.79 Å². The highest BCUT2D eigenvalue weighted by molar-refractivity contribution is 5.97. The first-order valence-electron chi connectivity index (χ1n) is 7.81. The molecule has 0 heterocycles. The fourth-order valence-electron chi connectivity index (χ4n) is 2.06. The molecule has 0 aliphatic carbocycles. The number of carbonyl (C=O) groups is 2. The minimum atomic E-state index is -0.454. The molecule has 1 amide bonds. The van der Waals surface area contributed by atoms with Crippen molar-refractivity contribution >= 4 is 18.1 Å². The molecule has 0 aliphatic rings. The maximum atomic E-state index is 12.2. The lowest BCUT2D eigenvalue weighted by Gasteiger charge is -2.07. The van der Waals surface area contributed by atoms with E-state index in [9.17, 15) is 9.59 Å². The molecule has 7 heteroatoms. The van der Waals surface area contributed by atoms with Crippen molar-refractivity contribution in [1.82, 2.24) is 5.43 Å². The molecule has 0 saturated carbocycles. The van der Waals surface area contributed by atoms with E-state index < -0.39 is 5.97 Å². The zero-order valence-corrected chi connectivity index (χ0v) is 14.8. The normalized spacial score (nSPS) is 10.4. The molecule has 0 aliphatic heterocycles. The number of benzene rings is 2. The molecule has 136 valence electrons. The Labute approximate surface area is 151 Å². The number of esters is 1. The number of amides is 1. The van der Waals surface area contributed by atoms with Crippen LogP contribution in [0.1, 0.15) is 21.5 Å². The van der Waals surface area contributed by atoms with Gasteiger partial charge in [0, 0.05) is 0 Å². The van der Waals surface area contributed by atoms with Gasteiger partial charge in [0.25, 0.3) is 5.91 Å². The Morgan fingerprint density at radius 1 is 1.12 bits per heavy atom. The van der Waals surface area contributed by atoms with E-state index in [1.54, 1.807) is 36.4 Å². The summed E-state index contributed by atoms with van der Waals surface area (Å²) < 4.78 is 15.0. The summed E-state index contributed by atoms with van der Waals surface area (Å²) in [5, 5.41) is 3.94. The number of nitrogens with zero attached hydrogens (tertiary/aromatic N) is 1. The molecule has 7 nitrogen and oxygen atoms in total. The van der Waals surface area contributed by atoms with Crippen LogP contribution in [0.25, 0.3) is 0 Å². The van der Waals surface area contributed by atoms with Crippen molar-refractivity contribution in [3.05, 3.63) is 59.2 Å². The van der Waals surface area contributed by atoms with Crippen LogP contribution in [-0.4, -0.2) is 38.9 Å². The van der Waals surface area contributed by atoms with Crippen molar-refractivity contribution in [1.29, 1.82) is 0 Å². The van der Waals surface area contributed by atoms with E-state index >= 15 is 0 Å². The van der Waals surface area contributed by atoms with Crippen LogP contribution in [0.4, 0.5) is 0 Å². The molecule has 0 aromatic heterocycles. The lowest BCUT2D eigenvalue weighted by molar-refractivity contribution is -0.142. The molecule has 0 spiro atoms. The summed E-state index contributed by atoms with van der Waals surface area (Å²) in [6, 6.07) is 12.2. The highest BCUT2D eigenvalue weighted by Gasteiger charge is 2.11. The second kappa shape index (κ2) is 9.22. The lowest BCUT2D eigenvalue weighted by Crippen LogP contribution is -2.18. The second-order valence-electron chi connectivity index (χ2n) is 5.34. The van der Waals surface area contributed by atoms with Crippen molar-refractivity contribution < 1.29 is 23.8 Å². The van der Waals surface area contributed by atoms with Crippen LogP contribution >= 0.6 is 0 Å². The number of hydrazone groups is 1. The summed E-state index contributed by atoms with van der Waals surface area (Å²) >= 11 is 0. The van der Waals surface area contributed by atoms with Gasteiger partial charge in [-0.05, 0) is 54.4 Å². The number of aryl methyl sites for hydroxylation is 1. The summed E-state index contributed by atoms with van der Waals surface area (Å²) in [5.74, 6) is 0.201. The van der Waals surface area contributed by atoms with Crippen LogP contribution in [0.2, 0.25) is 0 Å². The topological polar surface area (TPSA) is 86.2 Å². The molecule has 0 saturated heterocycles. The molecule has 2 aromatic carbocycles. The number of carbonyl (C=O) groups excluding carboxylic acids is 2. The molecule has 0 fully saturated rings. The first kappa shape index (κ1) is 19.0. The van der Waals surface area contributed by atoms with Crippen LogP contribution in [-0.2, 0) is 9.53 Å². The minimum Gasteiger partial charge on any atom is -0.496 e. The van der Waals surface area contributed by atoms with Gasteiger partial charge in [-0.15, -0.1) is 0 Å². The Morgan fingerprint density at radius 3 is 2.50 bits per heavy atom. The zero-order chi connectivity index (χ0) is 18.9. The van der Waals surface area contributed by atoms with Gasteiger partial charge in [0.15, 0.2) is 6.61 Å². The van der Waals surface area contributed by atoms with Crippen molar-refractivity contribution in [3.8, 4) is 11.5 Å². The molecule has 1 N–H and O–H groups in total. The summed E-state index contributed by atoms with van der Waals surface area (Å²) in [7, 11) is 2.81. The van der Waals surface area contributed by atoms with Gasteiger partial charge in [-0.2, -0.15) is 5.10 Å². The average molecular weight is 356 g/mol. The molecule has 0 unspecified atom stereocenters. The number of nitrogens with one attached hydrogen (secondary N) is 1. The Bertz CT molecular complexity index is 800. The summed E-state index contributed by atoms with van der Waals surface area (Å²) in [6.45, 7) is 1.76. The van der Waals surface area contributed by atoms with E-state index in [2.05, 4.69) is 15.3 Å². The number of rotatable bonds is 7. The smallest absolute Gasteiger partial charge is 0.343 e. The fourth-order valence-corrected chi connectivity index (χ4v) is 2.06. The van der Waals surface area contributed by atoms with Crippen molar-refractivity contribution in [2.24, 2.45) is 5.10 Å². The summed E-state index contributed by atoms with van der Waals surface area (Å²) in [6.07, 6.45) is 1.50. The Morgan fingerprint density at radius 2 is 1.85 bits per heavy atom. The third-order valence-electron chi connectivity index (χ3n) is 3.45. The summed E-state index contributed by atoms with van der Waals surface area (Å²) in [4.78, 5) is 23.2. The molecule has 2 aromatic rings. The first-order valence-corrected chi connectivity index (χ1v) is 7.81. The highest BCUT2D eigenvalue weighted by Crippen LogP contribution is 2.19. The predicted molar refractivity (Wildman–Crippen MR) is 96.7 cm³/mol. The predicted octanol–water partition coefficient (Wildman–Crippen LogP) is 2.32. The molecule has 0 atom stereocenters. The molecular weight excluding hydrogens is 336 g/mol. The van der Waals surface area contributed by atoms with Crippen LogP contribution in [0.5, 0.6) is 11.5 Å². The quantitative estimate of drug-likeness (QED) is 0.467. The minimum absolute atomic E-state index is 0.154. The fraction of sp³-hybridized carbons (Fsp3) is 0.211. The van der Waals surface area contributed by atoms with E-state index in [-0.39, 0.29) is 12.5 Å². The van der Waals surface area contributed by atoms with Crippen molar-refractivity contribution in [2.45, 2.75) is 6.92 Å². The zero-order valence-electron chi connectivity index (χ0n) is 14.8. The molecule has 2 rings (SSSR count). The number of ether oxygens (including phenoxy) is 3. The van der Waals surface area contributed by atoms with E-state index in [0.29, 0.717) is 17.1 Å². The SMILES string of the molecule is COC(=O)COc1ccc(/C=N/NC(=O)c2ccc(C)cc2OC)cc1. The Hall–Kier alpha value is -3.35. The second-order valence-corrected chi connectivity index (χ2v) is 5.34. The van der Waals surface area contributed by atoms with Crippen LogP contribution in [0.15, 0.2) is 47.6 Å². The third kappa shape index (κ3) is 5.34. The van der Waals surface area contributed by atoms with Crippen LogP contribution in [0, 0.1) is 6.92 Å². The monoisotopic (exact) mass is 356 g/mol. The van der Waals surface area contributed by atoms with E-state index in [1.807, 2.05) is 13.0 Å². The summed E-state index contributed by atoms with van der Waals surface area (Å²) in [5.41, 5.74) is 4.62. The van der Waals surface area contributed by atoms with Gasteiger partial charge >= 0.3 is 5.97 Å². The lowest BCUT2D eigenvalue weighted by atomic mass is 10.1. The number of methoxy groups -OCH3 is 2. The number of hydrogen-bond donors (Lipinski definition) is 1. The maximum absolute atomic E-state index is 12.2. The van der Waals surface area contributed by atoms with Gasteiger partial charge < -0.3 is 14.2 Å². The maximum Gasteiger partial charge on any atom is 0.343 e.